The largest absolute Gasteiger partial charge is 0.398 e. The van der Waals surface area contributed by atoms with Gasteiger partial charge in [-0.25, -0.2) is 9.37 Å². The van der Waals surface area contributed by atoms with E-state index in [0.29, 0.717) is 42.0 Å². The quantitative estimate of drug-likeness (QED) is 0.431. The molecule has 3 heterocycles. The molecule has 2 fully saturated rings. The van der Waals surface area contributed by atoms with E-state index in [1.54, 1.807) is 36.2 Å². The van der Waals surface area contributed by atoms with Crippen molar-refractivity contribution >= 4 is 17.7 Å². The lowest BCUT2D eigenvalue weighted by molar-refractivity contribution is 0.371. The molecule has 1 aromatic heterocycles. The summed E-state index contributed by atoms with van der Waals surface area (Å²) in [7, 11) is 1.59. The molecule has 0 amide bonds. The number of hydrogen-bond acceptors (Lipinski definition) is 7. The average Bonchev–Trinajstić information content (AvgIpc) is 3.35. The zero-order chi connectivity index (χ0) is 25.4. The highest BCUT2D eigenvalue weighted by molar-refractivity contribution is 5.88. The number of nitrogen functional groups attached to an aromatic ring is 1. The molecular formula is C26H25F2N7O. The normalized spacial score (nSPS) is 19.4. The van der Waals surface area contributed by atoms with E-state index in [4.69, 9.17) is 11.0 Å². The van der Waals surface area contributed by atoms with Gasteiger partial charge in [0.1, 0.15) is 17.7 Å². The summed E-state index contributed by atoms with van der Waals surface area (Å²) in [5.41, 5.74) is 6.50. The molecule has 0 spiro atoms. The Morgan fingerprint density at radius 3 is 2.83 bits per heavy atom. The first-order valence-electron chi connectivity index (χ1n) is 11.7. The second kappa shape index (κ2) is 9.51. The Morgan fingerprint density at radius 2 is 2.08 bits per heavy atom. The van der Waals surface area contributed by atoms with E-state index in [1.807, 2.05) is 0 Å². The van der Waals surface area contributed by atoms with E-state index < -0.39 is 17.2 Å². The Labute approximate surface area is 206 Å². The number of halogens is 2. The summed E-state index contributed by atoms with van der Waals surface area (Å²) >= 11 is 0. The third-order valence-electron chi connectivity index (χ3n) is 6.91. The molecule has 10 heteroatoms. The lowest BCUT2D eigenvalue weighted by atomic mass is 9.93. The molecule has 2 atom stereocenters. The molecule has 0 bridgehead atoms. The number of nitrogens with two attached hydrogens (primary N) is 1. The summed E-state index contributed by atoms with van der Waals surface area (Å²) in [6, 6.07) is 10.9. The van der Waals surface area contributed by atoms with Crippen molar-refractivity contribution in [3.63, 3.8) is 0 Å². The Balaban J connectivity index is 1.71. The molecule has 2 unspecified atom stereocenters. The van der Waals surface area contributed by atoms with Gasteiger partial charge in [0.05, 0.1) is 11.3 Å². The number of nitrogens with zero attached hydrogens (tertiary/aromatic N) is 5. The zero-order valence-electron chi connectivity index (χ0n) is 19.7. The van der Waals surface area contributed by atoms with Gasteiger partial charge in [-0.3, -0.25) is 14.4 Å². The molecule has 2 aliphatic rings. The van der Waals surface area contributed by atoms with Crippen LogP contribution in [0.5, 0.6) is 0 Å². The number of benzene rings is 2. The van der Waals surface area contributed by atoms with Gasteiger partial charge >= 0.3 is 0 Å². The molecule has 36 heavy (non-hydrogen) atoms. The number of fused-ring (bicyclic) bond motifs is 1. The maximum atomic E-state index is 15.7. The Kier molecular flexibility index (Phi) is 6.24. The summed E-state index contributed by atoms with van der Waals surface area (Å²) in [4.78, 5) is 23.9. The van der Waals surface area contributed by atoms with Crippen LogP contribution in [-0.4, -0.2) is 48.5 Å². The van der Waals surface area contributed by atoms with Gasteiger partial charge in [0.2, 0.25) is 5.82 Å². The van der Waals surface area contributed by atoms with Crippen LogP contribution in [0.1, 0.15) is 24.0 Å². The third kappa shape index (κ3) is 4.12. The molecule has 8 nitrogen and oxygen atoms in total. The van der Waals surface area contributed by atoms with Crippen LogP contribution in [0.2, 0.25) is 0 Å². The molecule has 184 valence electrons. The van der Waals surface area contributed by atoms with Crippen molar-refractivity contribution in [2.45, 2.75) is 18.9 Å². The number of hydrogen-bond donors (Lipinski definition) is 2. The predicted molar refractivity (Wildman–Crippen MR) is 135 cm³/mol. The van der Waals surface area contributed by atoms with Crippen LogP contribution < -0.4 is 21.5 Å². The predicted octanol–water partition coefficient (Wildman–Crippen LogP) is 2.87. The molecule has 3 aromatic rings. The Bertz CT molecular complexity index is 1460. The summed E-state index contributed by atoms with van der Waals surface area (Å²) in [5, 5.41) is 12.6. The maximum Gasteiger partial charge on any atom is 0.296 e. The van der Waals surface area contributed by atoms with Gasteiger partial charge in [-0.15, -0.1) is 0 Å². The number of rotatable bonds is 4. The molecule has 2 aliphatic heterocycles. The monoisotopic (exact) mass is 489 g/mol. The molecule has 0 aliphatic carbocycles. The van der Waals surface area contributed by atoms with E-state index in [0.717, 1.165) is 30.0 Å². The number of anilines is 2. The minimum absolute atomic E-state index is 0.0489. The van der Waals surface area contributed by atoms with E-state index in [-0.39, 0.29) is 22.8 Å². The number of nitrogens with one attached hydrogen (secondary N) is 1. The van der Waals surface area contributed by atoms with Gasteiger partial charge in [-0.2, -0.15) is 9.65 Å². The second-order valence-electron chi connectivity index (χ2n) is 9.06. The van der Waals surface area contributed by atoms with Crippen LogP contribution in [0, 0.1) is 28.9 Å². The van der Waals surface area contributed by atoms with E-state index >= 15 is 4.39 Å². The highest BCUT2D eigenvalue weighted by Gasteiger charge is 2.35. The average molecular weight is 490 g/mol. The SMILES string of the molecule is CN=Cc1cc(-n2c(-c3ccc(C#N)c(F)c3)nc(N3CCC4NCCC4C3)c(F)c2=O)ccc1N. The van der Waals surface area contributed by atoms with Crippen LogP contribution in [0.4, 0.5) is 20.3 Å². The first-order chi connectivity index (χ1) is 17.4. The summed E-state index contributed by atoms with van der Waals surface area (Å²) in [6.07, 6.45) is 3.32. The third-order valence-corrected chi connectivity index (χ3v) is 6.91. The fourth-order valence-corrected chi connectivity index (χ4v) is 5.07. The van der Waals surface area contributed by atoms with Gasteiger partial charge in [0, 0.05) is 49.2 Å². The van der Waals surface area contributed by atoms with Gasteiger partial charge in [0.15, 0.2) is 5.82 Å². The second-order valence-corrected chi connectivity index (χ2v) is 9.06. The lowest BCUT2D eigenvalue weighted by Gasteiger charge is -2.36. The molecule has 0 radical (unpaired) electrons. The van der Waals surface area contributed by atoms with Crippen molar-refractivity contribution in [3.05, 3.63) is 69.5 Å². The Hall–Kier alpha value is -4.10. The smallest absolute Gasteiger partial charge is 0.296 e. The van der Waals surface area contributed by atoms with Crippen LogP contribution in [0.25, 0.3) is 17.1 Å². The van der Waals surface area contributed by atoms with Crippen LogP contribution in [-0.2, 0) is 0 Å². The van der Waals surface area contributed by atoms with Crippen LogP contribution in [0.3, 0.4) is 0 Å². The van der Waals surface area contributed by atoms with Crippen LogP contribution in [0.15, 0.2) is 46.2 Å². The van der Waals surface area contributed by atoms with E-state index in [9.17, 15) is 9.18 Å². The molecule has 2 aromatic carbocycles. The molecule has 5 rings (SSSR count). The first-order valence-corrected chi connectivity index (χ1v) is 11.7. The van der Waals surface area contributed by atoms with Crippen molar-refractivity contribution in [2.75, 3.05) is 37.3 Å². The minimum Gasteiger partial charge on any atom is -0.398 e. The van der Waals surface area contributed by atoms with Crippen molar-refractivity contribution in [1.82, 2.24) is 14.9 Å². The molecular weight excluding hydrogens is 464 g/mol. The Morgan fingerprint density at radius 1 is 1.25 bits per heavy atom. The minimum atomic E-state index is -0.972. The van der Waals surface area contributed by atoms with Gasteiger partial charge in [-0.1, -0.05) is 0 Å². The topological polar surface area (TPSA) is 112 Å². The van der Waals surface area contributed by atoms with Gasteiger partial charge in [-0.05, 0) is 61.7 Å². The number of nitriles is 1. The van der Waals surface area contributed by atoms with Gasteiger partial charge in [0.25, 0.3) is 5.56 Å². The van der Waals surface area contributed by atoms with Crippen LogP contribution >= 0.6 is 0 Å². The van der Waals surface area contributed by atoms with Crippen molar-refractivity contribution in [2.24, 2.45) is 10.9 Å². The highest BCUT2D eigenvalue weighted by Crippen LogP contribution is 2.31. The first kappa shape index (κ1) is 23.6. The number of aliphatic imine (C=N–C) groups is 1. The highest BCUT2D eigenvalue weighted by atomic mass is 19.1. The van der Waals surface area contributed by atoms with Crippen molar-refractivity contribution in [1.29, 1.82) is 5.26 Å². The fourth-order valence-electron chi connectivity index (χ4n) is 5.07. The fraction of sp³-hybridized carbons (Fsp3) is 0.308. The zero-order valence-corrected chi connectivity index (χ0v) is 19.7. The number of aromatic nitrogens is 2. The molecule has 2 saturated heterocycles. The molecule has 0 saturated carbocycles. The summed E-state index contributed by atoms with van der Waals surface area (Å²) < 4.78 is 31.4. The number of piperidine rings is 1. The lowest BCUT2D eigenvalue weighted by Crippen LogP contribution is -2.46. The summed E-state index contributed by atoms with van der Waals surface area (Å²) in [5.74, 6) is -1.37. The standard InChI is InChI=1S/C26H25F2N7O/c1-31-13-18-10-19(4-5-21(18)30)35-24(15-2-3-16(12-29)20(27)11-15)33-25(23(28)26(35)36)34-9-7-22-17(14-34)6-8-32-22/h2-5,10-11,13,17,22,32H,6-9,14,30H2,1H3. The maximum absolute atomic E-state index is 15.7. The van der Waals surface area contributed by atoms with Crippen molar-refractivity contribution < 1.29 is 8.78 Å². The van der Waals surface area contributed by atoms with Crippen molar-refractivity contribution in [3.8, 4) is 23.1 Å². The van der Waals surface area contributed by atoms with E-state index in [1.165, 1.54) is 18.3 Å². The van der Waals surface area contributed by atoms with E-state index in [2.05, 4.69) is 15.3 Å². The molecule has 3 N–H and O–H groups in total. The summed E-state index contributed by atoms with van der Waals surface area (Å²) in [6.45, 7) is 2.03. The van der Waals surface area contributed by atoms with Gasteiger partial charge < -0.3 is 16.0 Å².